The molecule has 5 rings (SSSR count). The lowest BCUT2D eigenvalue weighted by Crippen LogP contribution is -2.40. The Balaban J connectivity index is 1.55. The van der Waals surface area contributed by atoms with E-state index in [-0.39, 0.29) is 17.6 Å². The van der Waals surface area contributed by atoms with Gasteiger partial charge in [0.05, 0.1) is 25.6 Å². The zero-order chi connectivity index (χ0) is 24.7. The van der Waals surface area contributed by atoms with Crippen molar-refractivity contribution in [3.63, 3.8) is 0 Å². The van der Waals surface area contributed by atoms with E-state index in [0.717, 1.165) is 9.44 Å². The van der Waals surface area contributed by atoms with Gasteiger partial charge in [0.25, 0.3) is 5.56 Å². The van der Waals surface area contributed by atoms with Crippen molar-refractivity contribution in [1.29, 1.82) is 0 Å². The first-order valence-corrected chi connectivity index (χ1v) is 11.5. The smallest absolute Gasteiger partial charge is 0.332 e. The molecule has 0 spiro atoms. The van der Waals surface area contributed by atoms with Crippen molar-refractivity contribution >= 4 is 22.4 Å². The minimum Gasteiger partial charge on any atom is -0.493 e. The molecule has 0 amide bonds. The molecule has 1 aromatic carbocycles. The number of aryl methyl sites for hydroxylation is 2. The Labute approximate surface area is 203 Å². The molecule has 178 valence electrons. The summed E-state index contributed by atoms with van der Waals surface area (Å²) in [7, 11) is 4.68. The standard InChI is InChI=1S/C24H21N5O5S/c1-13-16(26-22(34-13)14-7-8-17(32-3)18(10-14)33-4)12-29-23(30)15-11-25-20(19-6-5-9-35-19)27-21(15)28(2)24(29)31/h5-11H,12H2,1-4H3. The van der Waals surface area contributed by atoms with Crippen molar-refractivity contribution in [2.75, 3.05) is 14.2 Å². The van der Waals surface area contributed by atoms with E-state index in [0.29, 0.717) is 40.2 Å². The molecule has 0 aliphatic carbocycles. The Hall–Kier alpha value is -4.25. The van der Waals surface area contributed by atoms with Crippen LogP contribution >= 0.6 is 11.3 Å². The van der Waals surface area contributed by atoms with E-state index in [4.69, 9.17) is 13.9 Å². The van der Waals surface area contributed by atoms with Gasteiger partial charge in [-0.25, -0.2) is 19.7 Å². The molecule has 35 heavy (non-hydrogen) atoms. The van der Waals surface area contributed by atoms with E-state index < -0.39 is 11.2 Å². The lowest BCUT2D eigenvalue weighted by molar-refractivity contribution is 0.355. The van der Waals surface area contributed by atoms with Crippen molar-refractivity contribution < 1.29 is 13.9 Å². The van der Waals surface area contributed by atoms with Gasteiger partial charge in [0.15, 0.2) is 23.0 Å². The third-order valence-corrected chi connectivity index (χ3v) is 6.52. The molecule has 0 aliphatic rings. The van der Waals surface area contributed by atoms with Crippen LogP contribution in [0.25, 0.3) is 33.2 Å². The second-order valence-corrected chi connectivity index (χ2v) is 8.68. The van der Waals surface area contributed by atoms with Crippen LogP contribution in [0.3, 0.4) is 0 Å². The molecule has 0 aliphatic heterocycles. The highest BCUT2D eigenvalue weighted by atomic mass is 32.1. The monoisotopic (exact) mass is 491 g/mol. The van der Waals surface area contributed by atoms with Crippen molar-refractivity contribution in [1.82, 2.24) is 24.1 Å². The fourth-order valence-electron chi connectivity index (χ4n) is 3.76. The van der Waals surface area contributed by atoms with Crippen molar-refractivity contribution in [2.24, 2.45) is 7.05 Å². The van der Waals surface area contributed by atoms with E-state index in [1.807, 2.05) is 17.5 Å². The van der Waals surface area contributed by atoms with Crippen LogP contribution in [0.1, 0.15) is 11.5 Å². The Bertz CT molecular complexity index is 1670. The van der Waals surface area contributed by atoms with Gasteiger partial charge in [-0.1, -0.05) is 6.07 Å². The summed E-state index contributed by atoms with van der Waals surface area (Å²) in [6, 6.07) is 9.06. The Kier molecular flexibility index (Phi) is 5.69. The van der Waals surface area contributed by atoms with Crippen LogP contribution in [0, 0.1) is 6.92 Å². The molecule has 0 saturated heterocycles. The Morgan fingerprint density at radius 3 is 2.60 bits per heavy atom. The maximum absolute atomic E-state index is 13.2. The second-order valence-electron chi connectivity index (χ2n) is 7.73. The molecule has 4 heterocycles. The number of hydrogen-bond donors (Lipinski definition) is 0. The molecule has 10 nitrogen and oxygen atoms in total. The van der Waals surface area contributed by atoms with Crippen molar-refractivity contribution in [3.8, 4) is 33.7 Å². The number of aromatic nitrogens is 5. The number of ether oxygens (including phenoxy) is 2. The van der Waals surface area contributed by atoms with Crippen LogP contribution < -0.4 is 20.7 Å². The zero-order valence-electron chi connectivity index (χ0n) is 19.4. The number of hydrogen-bond acceptors (Lipinski definition) is 9. The van der Waals surface area contributed by atoms with Crippen LogP contribution in [0.2, 0.25) is 0 Å². The molecule has 0 unspecified atom stereocenters. The van der Waals surface area contributed by atoms with Crippen LogP contribution in [-0.4, -0.2) is 38.3 Å². The number of rotatable bonds is 6. The average Bonchev–Trinajstić information content (AvgIpc) is 3.55. The Morgan fingerprint density at radius 2 is 1.89 bits per heavy atom. The maximum Gasteiger partial charge on any atom is 0.332 e. The van der Waals surface area contributed by atoms with Gasteiger partial charge < -0.3 is 13.9 Å². The normalized spacial score (nSPS) is 11.2. The number of fused-ring (bicyclic) bond motifs is 1. The van der Waals surface area contributed by atoms with E-state index >= 15 is 0 Å². The number of nitrogens with zero attached hydrogens (tertiary/aromatic N) is 5. The molecule has 4 aromatic heterocycles. The molecule has 5 aromatic rings. The molecule has 0 fully saturated rings. The SMILES string of the molecule is COc1ccc(-c2nc(Cn3c(=O)c4cnc(-c5cccs5)nc4n(C)c3=O)c(C)o2)cc1OC. The summed E-state index contributed by atoms with van der Waals surface area (Å²) in [5, 5.41) is 2.16. The number of thiophene rings is 1. The van der Waals surface area contributed by atoms with Crippen LogP contribution in [-0.2, 0) is 13.6 Å². The molecule has 0 atom stereocenters. The summed E-state index contributed by atoms with van der Waals surface area (Å²) in [5.41, 5.74) is 0.413. The first-order valence-electron chi connectivity index (χ1n) is 10.6. The quantitative estimate of drug-likeness (QED) is 0.356. The largest absolute Gasteiger partial charge is 0.493 e. The van der Waals surface area contributed by atoms with Crippen molar-refractivity contribution in [3.05, 3.63) is 74.2 Å². The fourth-order valence-corrected chi connectivity index (χ4v) is 4.43. The number of benzene rings is 1. The van der Waals surface area contributed by atoms with Crippen LogP contribution in [0.4, 0.5) is 0 Å². The van der Waals surface area contributed by atoms with Crippen molar-refractivity contribution in [2.45, 2.75) is 13.5 Å². The molecule has 0 bridgehead atoms. The topological polar surface area (TPSA) is 114 Å². The van der Waals surface area contributed by atoms with Crippen LogP contribution in [0.5, 0.6) is 11.5 Å². The zero-order valence-corrected chi connectivity index (χ0v) is 20.3. The summed E-state index contributed by atoms with van der Waals surface area (Å²) in [5.74, 6) is 2.41. The first-order chi connectivity index (χ1) is 16.9. The number of oxazole rings is 1. The van der Waals surface area contributed by atoms with E-state index in [1.54, 1.807) is 46.4 Å². The molecule has 11 heteroatoms. The maximum atomic E-state index is 13.2. The van der Waals surface area contributed by atoms with E-state index in [1.165, 1.54) is 22.1 Å². The predicted octanol–water partition coefficient (Wildman–Crippen LogP) is 3.25. The highest BCUT2D eigenvalue weighted by molar-refractivity contribution is 7.13. The van der Waals surface area contributed by atoms with Gasteiger partial charge in [0.1, 0.15) is 16.8 Å². The average molecular weight is 492 g/mol. The summed E-state index contributed by atoms with van der Waals surface area (Å²) in [6.07, 6.45) is 1.46. The van der Waals surface area contributed by atoms with Gasteiger partial charge in [-0.15, -0.1) is 11.3 Å². The molecule has 0 radical (unpaired) electrons. The summed E-state index contributed by atoms with van der Waals surface area (Å²) >= 11 is 1.48. The van der Waals surface area contributed by atoms with Gasteiger partial charge in [0.2, 0.25) is 5.89 Å². The van der Waals surface area contributed by atoms with E-state index in [9.17, 15) is 9.59 Å². The first kappa shape index (κ1) is 22.5. The molecular weight excluding hydrogens is 470 g/mol. The molecular formula is C24H21N5O5S. The summed E-state index contributed by atoms with van der Waals surface area (Å²) < 4.78 is 18.9. The predicted molar refractivity (Wildman–Crippen MR) is 131 cm³/mol. The summed E-state index contributed by atoms with van der Waals surface area (Å²) in [6.45, 7) is 1.68. The van der Waals surface area contributed by atoms with Gasteiger partial charge in [-0.2, -0.15) is 0 Å². The highest BCUT2D eigenvalue weighted by Crippen LogP contribution is 2.32. The second kappa shape index (κ2) is 8.84. The molecule has 0 saturated carbocycles. The highest BCUT2D eigenvalue weighted by Gasteiger charge is 2.19. The minimum atomic E-state index is -0.506. The lowest BCUT2D eigenvalue weighted by atomic mass is 10.2. The Morgan fingerprint density at radius 1 is 1.09 bits per heavy atom. The van der Waals surface area contributed by atoms with Gasteiger partial charge in [-0.05, 0) is 36.6 Å². The third-order valence-electron chi connectivity index (χ3n) is 5.65. The third kappa shape index (κ3) is 3.89. The van der Waals surface area contributed by atoms with Crippen LogP contribution in [0.15, 0.2) is 55.9 Å². The van der Waals surface area contributed by atoms with Gasteiger partial charge in [-0.3, -0.25) is 13.9 Å². The fraction of sp³-hybridized carbons (Fsp3) is 0.208. The number of methoxy groups -OCH3 is 2. The molecule has 0 N–H and O–H groups in total. The summed E-state index contributed by atoms with van der Waals surface area (Å²) in [4.78, 5) is 40.6. The van der Waals surface area contributed by atoms with Gasteiger partial charge in [0, 0.05) is 18.8 Å². The minimum absolute atomic E-state index is 0.0588. The van der Waals surface area contributed by atoms with Gasteiger partial charge >= 0.3 is 5.69 Å². The lowest BCUT2D eigenvalue weighted by Gasteiger charge is -2.10. The van der Waals surface area contributed by atoms with E-state index in [2.05, 4.69) is 15.0 Å².